The summed E-state index contributed by atoms with van der Waals surface area (Å²) in [5, 5.41) is 17.5. The van der Waals surface area contributed by atoms with Crippen molar-refractivity contribution in [3.8, 4) is 0 Å². The molecule has 0 aromatic rings. The number of alkyl halides is 4. The average molecular weight is 476 g/mol. The Kier molecular flexibility index (Phi) is 7.90. The predicted molar refractivity (Wildman–Crippen MR) is 92.2 cm³/mol. The second kappa shape index (κ2) is 9.31. The quantitative estimate of drug-likeness (QED) is 0.329. The van der Waals surface area contributed by atoms with Crippen molar-refractivity contribution < 1.29 is 33.4 Å². The molecule has 0 radical (unpaired) electrons. The molecule has 4 N–H and O–H groups in total. The Labute approximate surface area is 168 Å². The molecule has 2 amide bonds. The van der Waals surface area contributed by atoms with Gasteiger partial charge in [-0.1, -0.05) is 0 Å². The van der Waals surface area contributed by atoms with Crippen molar-refractivity contribution in [2.75, 3.05) is 13.1 Å². The van der Waals surface area contributed by atoms with Crippen molar-refractivity contribution in [2.45, 2.75) is 34.0 Å². The smallest absolute Gasteiger partial charge is 0.370 e. The van der Waals surface area contributed by atoms with E-state index in [4.69, 9.17) is 46.4 Å². The number of aliphatic hydroxyl groups is 2. The summed E-state index contributed by atoms with van der Waals surface area (Å²) in [4.78, 5) is 23.8. The monoisotopic (exact) mass is 474 g/mol. The van der Waals surface area contributed by atoms with E-state index in [0.717, 1.165) is 0 Å². The maximum Gasteiger partial charge on any atom is 0.433 e. The fourth-order valence-electron chi connectivity index (χ4n) is 2.05. The molecule has 6 atom stereocenters. The van der Waals surface area contributed by atoms with Crippen LogP contribution in [-0.4, -0.2) is 79.5 Å². The number of halogens is 4. The molecule has 0 saturated carbocycles. The van der Waals surface area contributed by atoms with Gasteiger partial charge in [-0.2, -0.15) is 0 Å². The van der Waals surface area contributed by atoms with Crippen LogP contribution >= 0.6 is 54.7 Å². The lowest BCUT2D eigenvalue weighted by atomic mass is 10.2. The molecule has 0 aliphatic carbocycles. The Balaban J connectivity index is 1.88. The van der Waals surface area contributed by atoms with E-state index in [0.29, 0.717) is 10.0 Å². The van der Waals surface area contributed by atoms with E-state index in [1.54, 1.807) is 0 Å². The van der Waals surface area contributed by atoms with E-state index < -0.39 is 54.4 Å². The first-order chi connectivity index (χ1) is 12.1. The normalized spacial score (nSPS) is 36.4. The molecule has 0 spiro atoms. The summed E-state index contributed by atoms with van der Waals surface area (Å²) in [6, 6.07) is 0. The first-order valence-electron chi connectivity index (χ1n) is 7.09. The van der Waals surface area contributed by atoms with Gasteiger partial charge in [0.15, 0.2) is 12.5 Å². The molecule has 2 aliphatic rings. The highest BCUT2D eigenvalue weighted by Crippen LogP contribution is 2.30. The minimum Gasteiger partial charge on any atom is -0.370 e. The highest BCUT2D eigenvalue weighted by Gasteiger charge is 2.41. The molecule has 0 aromatic carbocycles. The third kappa shape index (κ3) is 4.98. The largest absolute Gasteiger partial charge is 0.433 e. The first-order valence-corrected chi connectivity index (χ1v) is 10.1. The Hall–Kier alpha value is -0.230. The number of nitrogens with zero attached hydrogens (tertiary/aromatic N) is 2. The molecule has 150 valence electrons. The lowest BCUT2D eigenvalue weighted by molar-refractivity contribution is -0.0391. The first kappa shape index (κ1) is 22.1. The molecule has 0 bridgehead atoms. The number of carbonyl (C=O) groups excluding carboxylic acids is 2. The molecular weight excluding hydrogens is 461 g/mol. The second-order valence-electron chi connectivity index (χ2n) is 5.20. The molecule has 16 heteroatoms. The molecule has 26 heavy (non-hydrogen) atoms. The van der Waals surface area contributed by atoms with E-state index in [-0.39, 0.29) is 13.1 Å². The van der Waals surface area contributed by atoms with Crippen LogP contribution in [0.1, 0.15) is 0 Å². The Bertz CT molecular complexity index is 531. The van der Waals surface area contributed by atoms with E-state index >= 15 is 0 Å². The molecule has 0 aromatic heterocycles. The van der Waals surface area contributed by atoms with Gasteiger partial charge in [0.2, 0.25) is 0 Å². The van der Waals surface area contributed by atoms with Gasteiger partial charge in [0.1, 0.15) is 0 Å². The van der Waals surface area contributed by atoms with Crippen LogP contribution in [-0.2, 0) is 13.6 Å². The van der Waals surface area contributed by atoms with Crippen LogP contribution in [0.2, 0.25) is 0 Å². The standard InChI is InChI=1S/C10H15Cl4N4O7P/c11-3-1-15-17(7(19)5(3)13)9(21)24-26(23)25-10(22)18-8(20)6(14)4(12)2-16-18/h3-8,15-16,19-20,26H,1-2H2. The van der Waals surface area contributed by atoms with Crippen molar-refractivity contribution in [3.63, 3.8) is 0 Å². The lowest BCUT2D eigenvalue weighted by Crippen LogP contribution is -2.62. The SMILES string of the molecule is O=C(O[PH](=O)OC(=O)N1NCC(Cl)C(Cl)C1O)N1NCC(Cl)C(Cl)C1O. The Morgan fingerprint density at radius 3 is 1.58 bits per heavy atom. The van der Waals surface area contributed by atoms with Crippen LogP contribution in [0.3, 0.4) is 0 Å². The number of carbonyl (C=O) groups is 2. The van der Waals surface area contributed by atoms with Gasteiger partial charge in [-0.3, -0.25) is 0 Å². The number of aliphatic hydroxyl groups excluding tert-OH is 2. The molecule has 2 saturated heterocycles. The van der Waals surface area contributed by atoms with Crippen LogP contribution in [0.25, 0.3) is 0 Å². The average Bonchev–Trinajstić information content (AvgIpc) is 2.57. The zero-order chi connectivity index (χ0) is 19.6. The predicted octanol–water partition coefficient (Wildman–Crippen LogP) is 0.356. The van der Waals surface area contributed by atoms with Crippen molar-refractivity contribution in [3.05, 3.63) is 0 Å². The molecule has 2 rings (SSSR count). The Morgan fingerprint density at radius 2 is 1.23 bits per heavy atom. The third-order valence-electron chi connectivity index (χ3n) is 3.44. The summed E-state index contributed by atoms with van der Waals surface area (Å²) in [7, 11) is -3.68. The number of hydrazine groups is 2. The maximum atomic E-state index is 11.9. The summed E-state index contributed by atoms with van der Waals surface area (Å²) in [6.45, 7) is 0.0619. The number of amides is 2. The van der Waals surface area contributed by atoms with Gasteiger partial charge in [-0.25, -0.2) is 35.0 Å². The van der Waals surface area contributed by atoms with Crippen molar-refractivity contribution in [1.29, 1.82) is 0 Å². The number of hydrogen-bond acceptors (Lipinski definition) is 9. The topological polar surface area (TPSA) is 141 Å². The van der Waals surface area contributed by atoms with Gasteiger partial charge >= 0.3 is 20.4 Å². The lowest BCUT2D eigenvalue weighted by Gasteiger charge is -2.37. The van der Waals surface area contributed by atoms with E-state index in [2.05, 4.69) is 19.9 Å². The van der Waals surface area contributed by atoms with Gasteiger partial charge in [0, 0.05) is 13.1 Å². The summed E-state index contributed by atoms with van der Waals surface area (Å²) in [5.74, 6) is 0. The van der Waals surface area contributed by atoms with Crippen LogP contribution in [0.15, 0.2) is 0 Å². The molecule has 6 unspecified atom stereocenters. The van der Waals surface area contributed by atoms with Gasteiger partial charge in [0.25, 0.3) is 0 Å². The van der Waals surface area contributed by atoms with Gasteiger partial charge in [-0.15, -0.1) is 46.4 Å². The van der Waals surface area contributed by atoms with Crippen LogP contribution in [0.4, 0.5) is 9.59 Å². The molecule has 2 aliphatic heterocycles. The number of hydrogen-bond donors (Lipinski definition) is 4. The third-order valence-corrected chi connectivity index (χ3v) is 6.29. The van der Waals surface area contributed by atoms with Crippen molar-refractivity contribution >= 4 is 66.8 Å². The van der Waals surface area contributed by atoms with E-state index in [1.807, 2.05) is 0 Å². The minimum atomic E-state index is -3.68. The van der Waals surface area contributed by atoms with Crippen LogP contribution in [0.5, 0.6) is 0 Å². The Morgan fingerprint density at radius 1 is 0.885 bits per heavy atom. The van der Waals surface area contributed by atoms with Gasteiger partial charge in [-0.05, 0) is 0 Å². The summed E-state index contributed by atoms with van der Waals surface area (Å²) < 4.78 is 20.7. The zero-order valence-electron chi connectivity index (χ0n) is 12.7. The van der Waals surface area contributed by atoms with Gasteiger partial charge in [0.05, 0.1) is 21.5 Å². The molecule has 2 fully saturated rings. The highest BCUT2D eigenvalue weighted by molar-refractivity contribution is 7.34. The fourth-order valence-corrected chi connectivity index (χ4v) is 3.37. The van der Waals surface area contributed by atoms with Crippen LogP contribution in [0, 0.1) is 0 Å². The van der Waals surface area contributed by atoms with Crippen molar-refractivity contribution in [1.82, 2.24) is 20.9 Å². The van der Waals surface area contributed by atoms with Crippen LogP contribution < -0.4 is 10.9 Å². The minimum absolute atomic E-state index is 0.0309. The van der Waals surface area contributed by atoms with E-state index in [1.165, 1.54) is 0 Å². The molecule has 2 heterocycles. The van der Waals surface area contributed by atoms with Gasteiger partial charge < -0.3 is 19.3 Å². The summed E-state index contributed by atoms with van der Waals surface area (Å²) >= 11 is 23.3. The molecular formula is C10H15Cl4N4O7P. The van der Waals surface area contributed by atoms with E-state index in [9.17, 15) is 24.4 Å². The summed E-state index contributed by atoms with van der Waals surface area (Å²) in [6.07, 6.45) is -5.72. The maximum absolute atomic E-state index is 11.9. The van der Waals surface area contributed by atoms with Crippen molar-refractivity contribution in [2.24, 2.45) is 0 Å². The number of nitrogens with one attached hydrogen (secondary N) is 2. The highest BCUT2D eigenvalue weighted by atomic mass is 35.5. The summed E-state index contributed by atoms with van der Waals surface area (Å²) in [5.41, 5.74) is 4.85. The zero-order valence-corrected chi connectivity index (χ0v) is 16.7. The fraction of sp³-hybridized carbons (Fsp3) is 0.800. The molecule has 11 nitrogen and oxygen atoms in total. The second-order valence-corrected chi connectivity index (χ2v) is 8.24. The number of rotatable bonds is 2.